The first-order valence-corrected chi connectivity index (χ1v) is 5.10. The molecule has 5 heteroatoms. The number of nitrogens with one attached hydrogen (secondary N) is 1. The topological polar surface area (TPSA) is 79.3 Å². The van der Waals surface area contributed by atoms with Crippen LogP contribution in [0.4, 0.5) is 0 Å². The third kappa shape index (κ3) is 3.34. The number of aliphatic carboxylic acids is 1. The van der Waals surface area contributed by atoms with Crippen LogP contribution >= 0.6 is 0 Å². The maximum absolute atomic E-state index is 11.6. The van der Waals surface area contributed by atoms with Crippen molar-refractivity contribution in [1.82, 2.24) is 10.3 Å². The minimum atomic E-state index is -1.02. The number of hydrogen-bond acceptors (Lipinski definition) is 3. The molecule has 1 atom stereocenters. The standard InChI is InChI=1S/C11H14N2O3/c1-2-5-9(11(15)16)13-10(14)8-6-3-4-7-12-8/h3-4,6-7,9H,2,5H2,1H3,(H,13,14)(H,15,16)/t9-/m0/s1. The molecular weight excluding hydrogens is 208 g/mol. The molecule has 0 saturated heterocycles. The van der Waals surface area contributed by atoms with Gasteiger partial charge in [0.25, 0.3) is 5.91 Å². The molecule has 1 rings (SSSR count). The van der Waals surface area contributed by atoms with Gasteiger partial charge in [-0.15, -0.1) is 0 Å². The summed E-state index contributed by atoms with van der Waals surface area (Å²) < 4.78 is 0. The van der Waals surface area contributed by atoms with Crippen LogP contribution in [-0.4, -0.2) is 28.0 Å². The molecule has 0 aliphatic heterocycles. The molecular formula is C11H14N2O3. The summed E-state index contributed by atoms with van der Waals surface area (Å²) in [7, 11) is 0. The molecule has 0 aliphatic carbocycles. The van der Waals surface area contributed by atoms with E-state index in [1.165, 1.54) is 6.20 Å². The second kappa shape index (κ2) is 5.85. The van der Waals surface area contributed by atoms with Crippen molar-refractivity contribution < 1.29 is 14.7 Å². The Morgan fingerprint density at radius 3 is 2.75 bits per heavy atom. The minimum absolute atomic E-state index is 0.227. The van der Waals surface area contributed by atoms with Gasteiger partial charge < -0.3 is 10.4 Å². The average molecular weight is 222 g/mol. The molecule has 0 radical (unpaired) electrons. The highest BCUT2D eigenvalue weighted by atomic mass is 16.4. The molecule has 0 aromatic carbocycles. The molecule has 2 N–H and O–H groups in total. The second-order valence-electron chi connectivity index (χ2n) is 3.37. The SMILES string of the molecule is CCC[C@H](NC(=O)c1ccccn1)C(=O)O. The average Bonchev–Trinajstić information content (AvgIpc) is 2.29. The van der Waals surface area contributed by atoms with E-state index in [4.69, 9.17) is 5.11 Å². The Labute approximate surface area is 93.5 Å². The molecule has 0 fully saturated rings. The Hall–Kier alpha value is -1.91. The number of carbonyl (C=O) groups is 2. The Morgan fingerprint density at radius 2 is 2.25 bits per heavy atom. The van der Waals surface area contributed by atoms with E-state index in [1.54, 1.807) is 18.2 Å². The third-order valence-electron chi connectivity index (χ3n) is 2.08. The lowest BCUT2D eigenvalue weighted by atomic mass is 10.1. The van der Waals surface area contributed by atoms with Gasteiger partial charge in [0.2, 0.25) is 0 Å². The molecule has 0 aliphatic rings. The molecule has 1 heterocycles. The van der Waals surface area contributed by atoms with E-state index in [2.05, 4.69) is 10.3 Å². The molecule has 0 bridgehead atoms. The molecule has 5 nitrogen and oxygen atoms in total. The van der Waals surface area contributed by atoms with Crippen LogP contribution in [0.2, 0.25) is 0 Å². The van der Waals surface area contributed by atoms with Crippen LogP contribution in [0.3, 0.4) is 0 Å². The predicted octanol–water partition coefficient (Wildman–Crippen LogP) is 1.06. The quantitative estimate of drug-likeness (QED) is 0.780. The van der Waals surface area contributed by atoms with Crippen LogP contribution in [0.1, 0.15) is 30.3 Å². The lowest BCUT2D eigenvalue weighted by Gasteiger charge is -2.12. The van der Waals surface area contributed by atoms with Gasteiger partial charge in [-0.1, -0.05) is 19.4 Å². The summed E-state index contributed by atoms with van der Waals surface area (Å²) in [4.78, 5) is 26.3. The second-order valence-corrected chi connectivity index (χ2v) is 3.37. The highest BCUT2D eigenvalue weighted by Crippen LogP contribution is 2.00. The van der Waals surface area contributed by atoms with Crippen molar-refractivity contribution in [1.29, 1.82) is 0 Å². The Kier molecular flexibility index (Phi) is 4.44. The zero-order valence-electron chi connectivity index (χ0n) is 9.01. The number of amides is 1. The number of carboxylic acids is 1. The van der Waals surface area contributed by atoms with Crippen LogP contribution in [0.5, 0.6) is 0 Å². The summed E-state index contributed by atoms with van der Waals surface area (Å²) in [5.41, 5.74) is 0.227. The number of carboxylic acid groups (broad SMARTS) is 1. The molecule has 86 valence electrons. The van der Waals surface area contributed by atoms with Crippen LogP contribution < -0.4 is 5.32 Å². The highest BCUT2D eigenvalue weighted by molar-refractivity contribution is 5.94. The van der Waals surface area contributed by atoms with Gasteiger partial charge >= 0.3 is 5.97 Å². The zero-order valence-corrected chi connectivity index (χ0v) is 9.01. The number of nitrogens with zero attached hydrogens (tertiary/aromatic N) is 1. The number of pyridine rings is 1. The zero-order chi connectivity index (χ0) is 12.0. The fourth-order valence-electron chi connectivity index (χ4n) is 1.28. The van der Waals surface area contributed by atoms with Crippen molar-refractivity contribution in [2.45, 2.75) is 25.8 Å². The summed E-state index contributed by atoms with van der Waals surface area (Å²) in [6.07, 6.45) is 2.60. The maximum atomic E-state index is 11.6. The first kappa shape index (κ1) is 12.2. The largest absolute Gasteiger partial charge is 0.480 e. The molecule has 16 heavy (non-hydrogen) atoms. The number of rotatable bonds is 5. The van der Waals surface area contributed by atoms with E-state index in [9.17, 15) is 9.59 Å². The fraction of sp³-hybridized carbons (Fsp3) is 0.364. The molecule has 1 aromatic rings. The van der Waals surface area contributed by atoms with Gasteiger partial charge in [0.1, 0.15) is 11.7 Å². The number of carbonyl (C=O) groups excluding carboxylic acids is 1. The highest BCUT2D eigenvalue weighted by Gasteiger charge is 2.19. The summed E-state index contributed by atoms with van der Waals surface area (Å²) in [6.45, 7) is 1.86. The fourth-order valence-corrected chi connectivity index (χ4v) is 1.28. The lowest BCUT2D eigenvalue weighted by molar-refractivity contribution is -0.139. The molecule has 1 aromatic heterocycles. The van der Waals surface area contributed by atoms with Gasteiger partial charge in [0, 0.05) is 6.20 Å². The van der Waals surface area contributed by atoms with Crippen molar-refractivity contribution >= 4 is 11.9 Å². The monoisotopic (exact) mass is 222 g/mol. The number of hydrogen-bond donors (Lipinski definition) is 2. The van der Waals surface area contributed by atoms with Crippen LogP contribution in [0.15, 0.2) is 24.4 Å². The van der Waals surface area contributed by atoms with Crippen LogP contribution in [0.25, 0.3) is 0 Å². The molecule has 0 spiro atoms. The maximum Gasteiger partial charge on any atom is 0.326 e. The third-order valence-corrected chi connectivity index (χ3v) is 2.08. The van der Waals surface area contributed by atoms with Gasteiger partial charge in [-0.05, 0) is 18.6 Å². The van der Waals surface area contributed by atoms with Crippen molar-refractivity contribution in [3.05, 3.63) is 30.1 Å². The Balaban J connectivity index is 2.65. The normalized spacial score (nSPS) is 11.8. The van der Waals surface area contributed by atoms with E-state index >= 15 is 0 Å². The predicted molar refractivity (Wildman–Crippen MR) is 58.0 cm³/mol. The van der Waals surface area contributed by atoms with Gasteiger partial charge in [-0.2, -0.15) is 0 Å². The summed E-state index contributed by atoms with van der Waals surface area (Å²) >= 11 is 0. The molecule has 0 unspecified atom stereocenters. The molecule has 0 saturated carbocycles. The van der Waals surface area contributed by atoms with Gasteiger partial charge in [0.05, 0.1) is 0 Å². The smallest absolute Gasteiger partial charge is 0.326 e. The van der Waals surface area contributed by atoms with E-state index in [0.29, 0.717) is 12.8 Å². The summed E-state index contributed by atoms with van der Waals surface area (Å²) in [6, 6.07) is 4.06. The van der Waals surface area contributed by atoms with Crippen molar-refractivity contribution in [2.24, 2.45) is 0 Å². The van der Waals surface area contributed by atoms with E-state index in [-0.39, 0.29) is 5.69 Å². The van der Waals surface area contributed by atoms with Crippen LogP contribution in [0, 0.1) is 0 Å². The summed E-state index contributed by atoms with van der Waals surface area (Å²) in [5, 5.41) is 11.3. The van der Waals surface area contributed by atoms with Gasteiger partial charge in [0.15, 0.2) is 0 Å². The minimum Gasteiger partial charge on any atom is -0.480 e. The molecule has 1 amide bonds. The Bertz CT molecular complexity index is 365. The van der Waals surface area contributed by atoms with Gasteiger partial charge in [-0.25, -0.2) is 4.79 Å². The number of aromatic nitrogens is 1. The van der Waals surface area contributed by atoms with Crippen LogP contribution in [-0.2, 0) is 4.79 Å². The summed E-state index contributed by atoms with van der Waals surface area (Å²) in [5.74, 6) is -1.48. The van der Waals surface area contributed by atoms with Crippen molar-refractivity contribution in [3.63, 3.8) is 0 Å². The first-order chi connectivity index (χ1) is 7.65. The van der Waals surface area contributed by atoms with Gasteiger partial charge in [-0.3, -0.25) is 9.78 Å². The van der Waals surface area contributed by atoms with E-state index in [0.717, 1.165) is 0 Å². The van der Waals surface area contributed by atoms with Crippen molar-refractivity contribution in [3.8, 4) is 0 Å². The first-order valence-electron chi connectivity index (χ1n) is 5.10. The van der Waals surface area contributed by atoms with E-state index in [1.807, 2.05) is 6.92 Å². The lowest BCUT2D eigenvalue weighted by Crippen LogP contribution is -2.40. The Morgan fingerprint density at radius 1 is 1.50 bits per heavy atom. The van der Waals surface area contributed by atoms with E-state index < -0.39 is 17.9 Å². The van der Waals surface area contributed by atoms with Crippen molar-refractivity contribution in [2.75, 3.05) is 0 Å².